The molecule has 3 amide bonds. The number of alkyl carbamates (subject to hydrolysis) is 1. The van der Waals surface area contributed by atoms with E-state index >= 15 is 0 Å². The minimum Gasteiger partial charge on any atom is -0.458 e. The number of amides is 3. The maximum Gasteiger partial charge on any atom is 0.408 e. The highest BCUT2D eigenvalue weighted by Crippen LogP contribution is 2.26. The predicted molar refractivity (Wildman–Crippen MR) is 186 cm³/mol. The van der Waals surface area contributed by atoms with Gasteiger partial charge in [-0.1, -0.05) is 95.1 Å². The number of carbonyl (C=O) groups is 4. The number of ether oxygens (including phenoxy) is 2. The van der Waals surface area contributed by atoms with Crippen molar-refractivity contribution in [2.24, 2.45) is 5.92 Å². The number of unbranched alkanes of at least 4 members (excludes halogenated alkanes) is 2. The molecule has 2 aromatic rings. The number of hydrogen-bond acceptors (Lipinski definition) is 6. The number of nitrogens with zero attached hydrogens (tertiary/aromatic N) is 1. The van der Waals surface area contributed by atoms with Crippen LogP contribution in [0, 0.1) is 5.92 Å². The summed E-state index contributed by atoms with van der Waals surface area (Å²) in [5.41, 5.74) is 1.01. The number of nitrogens with one attached hydrogen (secondary N) is 2. The Labute approximate surface area is 282 Å². The van der Waals surface area contributed by atoms with Crippen LogP contribution in [-0.2, 0) is 36.7 Å². The molecule has 0 aliphatic rings. The average molecular weight is 652 g/mol. The van der Waals surface area contributed by atoms with Gasteiger partial charge in [-0.15, -0.1) is 0 Å². The van der Waals surface area contributed by atoms with E-state index in [9.17, 15) is 19.2 Å². The van der Waals surface area contributed by atoms with E-state index in [1.165, 1.54) is 0 Å². The van der Waals surface area contributed by atoms with Gasteiger partial charge in [-0.2, -0.15) is 0 Å². The summed E-state index contributed by atoms with van der Waals surface area (Å²) in [6.07, 6.45) is 2.71. The molecule has 0 bridgehead atoms. The van der Waals surface area contributed by atoms with Crippen molar-refractivity contribution in [3.05, 3.63) is 71.3 Å². The van der Waals surface area contributed by atoms with Crippen LogP contribution in [-0.4, -0.2) is 58.6 Å². The highest BCUT2D eigenvalue weighted by atomic mass is 16.6. The van der Waals surface area contributed by atoms with Gasteiger partial charge in [0.15, 0.2) is 0 Å². The molecule has 0 aromatic heterocycles. The molecule has 2 rings (SSSR count). The van der Waals surface area contributed by atoms with Crippen LogP contribution in [0.15, 0.2) is 54.6 Å². The van der Waals surface area contributed by atoms with Crippen LogP contribution in [0.1, 0.15) is 111 Å². The van der Waals surface area contributed by atoms with E-state index in [-0.39, 0.29) is 18.9 Å². The quantitative estimate of drug-likeness (QED) is 0.160. The summed E-state index contributed by atoms with van der Waals surface area (Å²) in [6, 6.07) is 14.0. The molecule has 260 valence electrons. The molecule has 9 heteroatoms. The Balaban J connectivity index is 2.62. The fourth-order valence-electron chi connectivity index (χ4n) is 5.10. The Hall–Kier alpha value is -3.88. The van der Waals surface area contributed by atoms with Gasteiger partial charge in [-0.05, 0) is 77.0 Å². The fourth-order valence-corrected chi connectivity index (χ4v) is 5.10. The van der Waals surface area contributed by atoms with Gasteiger partial charge >= 0.3 is 12.1 Å². The molecule has 0 aliphatic heterocycles. The Morgan fingerprint density at radius 2 is 1.36 bits per heavy atom. The lowest BCUT2D eigenvalue weighted by molar-refractivity contribution is -0.159. The van der Waals surface area contributed by atoms with E-state index in [1.54, 1.807) is 46.4 Å². The summed E-state index contributed by atoms with van der Waals surface area (Å²) in [6.45, 7) is 18.7. The van der Waals surface area contributed by atoms with Gasteiger partial charge in [0.05, 0.1) is 0 Å². The molecule has 9 nitrogen and oxygen atoms in total. The van der Waals surface area contributed by atoms with Crippen LogP contribution in [0.2, 0.25) is 0 Å². The Bertz CT molecular complexity index is 1300. The lowest BCUT2D eigenvalue weighted by Crippen LogP contribution is -2.56. The molecule has 0 aliphatic carbocycles. The zero-order chi connectivity index (χ0) is 35.4. The maximum atomic E-state index is 14.5. The van der Waals surface area contributed by atoms with Crippen molar-refractivity contribution in [1.82, 2.24) is 15.5 Å². The van der Waals surface area contributed by atoms with E-state index < -0.39 is 53.2 Å². The highest BCUT2D eigenvalue weighted by Gasteiger charge is 2.39. The SMILES string of the molecule is CCCCCN(C(=O)C(NC(=O)OC(C)(C)C)C(C)C)C(C(=O)NC(Cc1ccccc1)C(=O)OC(C)(C)C)c1ccc(CC)cc1. The first-order valence-electron chi connectivity index (χ1n) is 16.9. The van der Waals surface area contributed by atoms with Gasteiger partial charge in [0.1, 0.15) is 29.3 Å². The molecule has 3 unspecified atom stereocenters. The summed E-state index contributed by atoms with van der Waals surface area (Å²) in [5, 5.41) is 5.73. The van der Waals surface area contributed by atoms with Crippen molar-refractivity contribution >= 4 is 23.9 Å². The van der Waals surface area contributed by atoms with Gasteiger partial charge in [0.2, 0.25) is 11.8 Å². The smallest absolute Gasteiger partial charge is 0.408 e. The predicted octanol–water partition coefficient (Wildman–Crippen LogP) is 6.93. The summed E-state index contributed by atoms with van der Waals surface area (Å²) < 4.78 is 11.2. The molecule has 47 heavy (non-hydrogen) atoms. The zero-order valence-corrected chi connectivity index (χ0v) is 30.1. The maximum absolute atomic E-state index is 14.5. The van der Waals surface area contributed by atoms with Crippen molar-refractivity contribution in [3.63, 3.8) is 0 Å². The summed E-state index contributed by atoms with van der Waals surface area (Å²) in [7, 11) is 0. The summed E-state index contributed by atoms with van der Waals surface area (Å²) in [4.78, 5) is 57.0. The summed E-state index contributed by atoms with van der Waals surface area (Å²) >= 11 is 0. The van der Waals surface area contributed by atoms with Gasteiger partial charge < -0.3 is 25.0 Å². The van der Waals surface area contributed by atoms with E-state index in [0.717, 1.165) is 30.4 Å². The van der Waals surface area contributed by atoms with E-state index in [1.807, 2.05) is 75.4 Å². The van der Waals surface area contributed by atoms with Gasteiger partial charge in [-0.25, -0.2) is 9.59 Å². The molecule has 2 aromatic carbocycles. The Morgan fingerprint density at radius 1 is 0.766 bits per heavy atom. The minimum absolute atomic E-state index is 0.210. The fraction of sp³-hybridized carbons (Fsp3) is 0.579. The molecule has 0 heterocycles. The van der Waals surface area contributed by atoms with Crippen molar-refractivity contribution in [3.8, 4) is 0 Å². The summed E-state index contributed by atoms with van der Waals surface area (Å²) in [5.74, 6) is -1.78. The van der Waals surface area contributed by atoms with E-state index in [4.69, 9.17) is 9.47 Å². The molecule has 0 radical (unpaired) electrons. The molecule has 0 saturated carbocycles. The number of benzene rings is 2. The van der Waals surface area contributed by atoms with Crippen LogP contribution in [0.4, 0.5) is 4.79 Å². The van der Waals surface area contributed by atoms with Crippen molar-refractivity contribution < 1.29 is 28.7 Å². The highest BCUT2D eigenvalue weighted by molar-refractivity contribution is 5.94. The third-order valence-electron chi connectivity index (χ3n) is 7.44. The normalized spacial score (nSPS) is 13.7. The molecule has 2 N–H and O–H groups in total. The van der Waals surface area contributed by atoms with Gasteiger partial charge in [0, 0.05) is 13.0 Å². The largest absolute Gasteiger partial charge is 0.458 e. The third-order valence-corrected chi connectivity index (χ3v) is 7.44. The molecular formula is C38H57N3O6. The first kappa shape index (κ1) is 39.3. The van der Waals surface area contributed by atoms with Crippen molar-refractivity contribution in [1.29, 1.82) is 0 Å². The van der Waals surface area contributed by atoms with Crippen molar-refractivity contribution in [2.45, 2.75) is 131 Å². The lowest BCUT2D eigenvalue weighted by atomic mass is 9.97. The van der Waals surface area contributed by atoms with Crippen LogP contribution >= 0.6 is 0 Å². The molecular weight excluding hydrogens is 594 g/mol. The number of aryl methyl sites for hydroxylation is 1. The van der Waals surface area contributed by atoms with Gasteiger partial charge in [-0.3, -0.25) is 9.59 Å². The van der Waals surface area contributed by atoms with E-state index in [2.05, 4.69) is 17.6 Å². The molecule has 3 atom stereocenters. The standard InChI is InChI=1S/C38H57N3O6/c1-11-13-17-24-41(34(43)31(26(3)4)40-36(45)47-38(8,9)10)32(29-22-20-27(12-2)21-23-29)33(42)39-30(35(44)46-37(5,6)7)25-28-18-15-14-16-19-28/h14-16,18-23,26,30-32H,11-13,17,24-25H2,1-10H3,(H,39,42)(H,40,45). The van der Waals surface area contributed by atoms with Crippen LogP contribution in [0.3, 0.4) is 0 Å². The first-order valence-corrected chi connectivity index (χ1v) is 16.9. The van der Waals surface area contributed by atoms with Crippen molar-refractivity contribution in [2.75, 3.05) is 6.54 Å². The van der Waals surface area contributed by atoms with Crippen LogP contribution in [0.25, 0.3) is 0 Å². The second kappa shape index (κ2) is 17.9. The Morgan fingerprint density at radius 3 is 1.87 bits per heavy atom. The first-order chi connectivity index (χ1) is 22.0. The van der Waals surface area contributed by atoms with Crippen LogP contribution < -0.4 is 10.6 Å². The number of hydrogen-bond donors (Lipinski definition) is 2. The molecule has 0 spiro atoms. The molecule has 0 saturated heterocycles. The number of rotatable bonds is 15. The van der Waals surface area contributed by atoms with Gasteiger partial charge in [0.25, 0.3) is 0 Å². The average Bonchev–Trinajstić information content (AvgIpc) is 2.97. The third kappa shape index (κ3) is 13.4. The second-order valence-corrected chi connectivity index (χ2v) is 14.4. The minimum atomic E-state index is -1.08. The zero-order valence-electron chi connectivity index (χ0n) is 30.1. The number of esters is 1. The molecule has 0 fully saturated rings. The monoisotopic (exact) mass is 651 g/mol. The Kier molecular flexibility index (Phi) is 14.9. The van der Waals surface area contributed by atoms with Crippen LogP contribution in [0.5, 0.6) is 0 Å². The lowest BCUT2D eigenvalue weighted by Gasteiger charge is -2.36. The topological polar surface area (TPSA) is 114 Å². The van der Waals surface area contributed by atoms with E-state index in [0.29, 0.717) is 12.0 Å². The second-order valence-electron chi connectivity index (χ2n) is 14.4. The number of carbonyl (C=O) groups excluding carboxylic acids is 4.